The van der Waals surface area contributed by atoms with Gasteiger partial charge in [-0.1, -0.05) is 46.3 Å². The normalized spacial score (nSPS) is 22.0. The van der Waals surface area contributed by atoms with Crippen LogP contribution >= 0.6 is 15.9 Å². The van der Waals surface area contributed by atoms with E-state index < -0.39 is 0 Å². The number of nitrogens with zero attached hydrogens (tertiary/aromatic N) is 1. The van der Waals surface area contributed by atoms with Crippen LogP contribution in [0, 0.1) is 0 Å². The van der Waals surface area contributed by atoms with Gasteiger partial charge in [0.15, 0.2) is 0 Å². The monoisotopic (exact) mass is 345 g/mol. The van der Waals surface area contributed by atoms with Gasteiger partial charge in [0, 0.05) is 28.7 Å². The van der Waals surface area contributed by atoms with Crippen LogP contribution in [0.5, 0.6) is 5.75 Å². The molecule has 0 radical (unpaired) electrons. The zero-order valence-corrected chi connectivity index (χ0v) is 12.9. The van der Waals surface area contributed by atoms with Crippen molar-refractivity contribution in [2.24, 2.45) is 4.99 Å². The standard InChI is InChI=1S/C16H16BrN3O/c17-13-6-7-15(21)12(8-13)10-18-16-9-14(19-20-16)11-4-2-1-3-5-11/h1-8,10,14,16,19-21H,9H2/b18-10+. The highest BCUT2D eigenvalue weighted by Gasteiger charge is 2.23. The second-order valence-electron chi connectivity index (χ2n) is 4.98. The molecule has 2 aromatic carbocycles. The molecule has 2 aromatic rings. The Hall–Kier alpha value is -1.69. The van der Waals surface area contributed by atoms with Gasteiger partial charge >= 0.3 is 0 Å². The Morgan fingerprint density at radius 2 is 1.95 bits per heavy atom. The zero-order valence-electron chi connectivity index (χ0n) is 11.3. The minimum Gasteiger partial charge on any atom is -0.507 e. The molecule has 108 valence electrons. The molecule has 3 N–H and O–H groups in total. The number of nitrogens with one attached hydrogen (secondary N) is 2. The molecule has 21 heavy (non-hydrogen) atoms. The quantitative estimate of drug-likeness (QED) is 0.749. The third-order valence-corrected chi connectivity index (χ3v) is 3.96. The second-order valence-corrected chi connectivity index (χ2v) is 5.90. The van der Waals surface area contributed by atoms with Crippen molar-refractivity contribution in [3.05, 3.63) is 64.1 Å². The highest BCUT2D eigenvalue weighted by molar-refractivity contribution is 9.10. The fraction of sp³-hybridized carbons (Fsp3) is 0.188. The van der Waals surface area contributed by atoms with Crippen LogP contribution < -0.4 is 10.9 Å². The molecule has 0 amide bonds. The summed E-state index contributed by atoms with van der Waals surface area (Å²) in [6, 6.07) is 15.8. The highest BCUT2D eigenvalue weighted by atomic mass is 79.9. The number of halogens is 1. The van der Waals surface area contributed by atoms with Crippen LogP contribution in [0.15, 0.2) is 58.0 Å². The van der Waals surface area contributed by atoms with Gasteiger partial charge in [-0.05, 0) is 23.8 Å². The van der Waals surface area contributed by atoms with Crippen LogP contribution in [0.2, 0.25) is 0 Å². The molecule has 0 aliphatic carbocycles. The van der Waals surface area contributed by atoms with Crippen LogP contribution in [0.25, 0.3) is 0 Å². The van der Waals surface area contributed by atoms with E-state index in [9.17, 15) is 5.11 Å². The lowest BCUT2D eigenvalue weighted by atomic mass is 10.1. The fourth-order valence-corrected chi connectivity index (χ4v) is 2.72. The molecule has 0 saturated carbocycles. The zero-order chi connectivity index (χ0) is 14.7. The van der Waals surface area contributed by atoms with E-state index >= 15 is 0 Å². The highest BCUT2D eigenvalue weighted by Crippen LogP contribution is 2.23. The third kappa shape index (κ3) is 3.50. The van der Waals surface area contributed by atoms with Gasteiger partial charge in [-0.15, -0.1) is 0 Å². The number of rotatable bonds is 3. The first-order chi connectivity index (χ1) is 10.2. The Morgan fingerprint density at radius 1 is 1.14 bits per heavy atom. The maximum atomic E-state index is 9.79. The van der Waals surface area contributed by atoms with E-state index in [1.165, 1.54) is 5.56 Å². The van der Waals surface area contributed by atoms with Gasteiger partial charge in [0.05, 0.1) is 0 Å². The van der Waals surface area contributed by atoms with Gasteiger partial charge in [-0.3, -0.25) is 4.99 Å². The first kappa shape index (κ1) is 14.3. The molecule has 1 saturated heterocycles. The smallest absolute Gasteiger partial charge is 0.124 e. The van der Waals surface area contributed by atoms with E-state index in [0.29, 0.717) is 5.56 Å². The second kappa shape index (κ2) is 6.39. The minimum absolute atomic E-state index is 0.00594. The number of aliphatic imine (C=N–C) groups is 1. The molecule has 3 rings (SSSR count). The van der Waals surface area contributed by atoms with E-state index in [4.69, 9.17) is 0 Å². The molecule has 2 atom stereocenters. The fourth-order valence-electron chi connectivity index (χ4n) is 2.34. The molecule has 1 fully saturated rings. The Labute approximate surface area is 132 Å². The Bertz CT molecular complexity index is 645. The summed E-state index contributed by atoms with van der Waals surface area (Å²) in [5.41, 5.74) is 8.36. The maximum absolute atomic E-state index is 9.79. The summed E-state index contributed by atoms with van der Waals surface area (Å²) in [6.07, 6.45) is 2.57. The van der Waals surface area contributed by atoms with Crippen LogP contribution in [0.4, 0.5) is 0 Å². The van der Waals surface area contributed by atoms with Crippen molar-refractivity contribution < 1.29 is 5.11 Å². The van der Waals surface area contributed by atoms with Gasteiger partial charge in [-0.25, -0.2) is 10.9 Å². The Kier molecular flexibility index (Phi) is 4.34. The molecule has 5 heteroatoms. The van der Waals surface area contributed by atoms with Crippen LogP contribution in [-0.2, 0) is 0 Å². The summed E-state index contributed by atoms with van der Waals surface area (Å²) in [5.74, 6) is 0.229. The molecule has 1 aliphatic heterocycles. The number of benzene rings is 2. The summed E-state index contributed by atoms with van der Waals surface area (Å²) < 4.78 is 0.918. The number of phenols is 1. The van der Waals surface area contributed by atoms with Crippen LogP contribution in [-0.4, -0.2) is 17.5 Å². The van der Waals surface area contributed by atoms with Crippen molar-refractivity contribution in [1.82, 2.24) is 10.9 Å². The predicted molar refractivity (Wildman–Crippen MR) is 87.3 cm³/mol. The van der Waals surface area contributed by atoms with Crippen molar-refractivity contribution in [3.63, 3.8) is 0 Å². The van der Waals surface area contributed by atoms with Gasteiger partial charge < -0.3 is 5.11 Å². The maximum Gasteiger partial charge on any atom is 0.124 e. The molecule has 2 unspecified atom stereocenters. The van der Waals surface area contributed by atoms with Gasteiger partial charge in [0.2, 0.25) is 0 Å². The number of phenolic OH excluding ortho intramolecular Hbond substituents is 1. The molecule has 0 aromatic heterocycles. The van der Waals surface area contributed by atoms with Crippen molar-refractivity contribution in [2.45, 2.75) is 18.6 Å². The van der Waals surface area contributed by atoms with Crippen LogP contribution in [0.3, 0.4) is 0 Å². The van der Waals surface area contributed by atoms with Gasteiger partial charge in [0.25, 0.3) is 0 Å². The lowest BCUT2D eigenvalue weighted by Gasteiger charge is -2.08. The average Bonchev–Trinajstić information content (AvgIpc) is 2.98. The van der Waals surface area contributed by atoms with Gasteiger partial charge in [-0.2, -0.15) is 0 Å². The van der Waals surface area contributed by atoms with Crippen LogP contribution in [0.1, 0.15) is 23.6 Å². The molecule has 0 bridgehead atoms. The molecular formula is C16H16BrN3O. The summed E-state index contributed by atoms with van der Waals surface area (Å²) >= 11 is 3.39. The SMILES string of the molecule is Oc1ccc(Br)cc1/C=N/C1CC(c2ccccc2)NN1. The summed E-state index contributed by atoms with van der Waals surface area (Å²) in [7, 11) is 0. The van der Waals surface area contributed by atoms with Crippen molar-refractivity contribution in [1.29, 1.82) is 0 Å². The third-order valence-electron chi connectivity index (χ3n) is 3.47. The predicted octanol–water partition coefficient (Wildman–Crippen LogP) is 3.14. The summed E-state index contributed by atoms with van der Waals surface area (Å²) in [6.45, 7) is 0. The summed E-state index contributed by atoms with van der Waals surface area (Å²) in [5, 5.41) is 9.79. The Morgan fingerprint density at radius 3 is 2.76 bits per heavy atom. The lowest BCUT2D eigenvalue weighted by molar-refractivity contribution is 0.474. The van der Waals surface area contributed by atoms with E-state index in [1.54, 1.807) is 18.3 Å². The minimum atomic E-state index is -0.00594. The summed E-state index contributed by atoms with van der Waals surface area (Å²) in [4.78, 5) is 4.49. The number of hydrogen-bond acceptors (Lipinski definition) is 4. The largest absolute Gasteiger partial charge is 0.507 e. The van der Waals surface area contributed by atoms with E-state index in [2.05, 4.69) is 43.9 Å². The molecule has 1 heterocycles. The molecule has 0 spiro atoms. The van der Waals surface area contributed by atoms with Crippen molar-refractivity contribution in [3.8, 4) is 5.75 Å². The first-order valence-electron chi connectivity index (χ1n) is 6.80. The number of aromatic hydroxyl groups is 1. The molecule has 1 aliphatic rings. The van der Waals surface area contributed by atoms with E-state index in [-0.39, 0.29) is 18.0 Å². The first-order valence-corrected chi connectivity index (χ1v) is 7.59. The van der Waals surface area contributed by atoms with Gasteiger partial charge in [0.1, 0.15) is 11.9 Å². The van der Waals surface area contributed by atoms with Crippen molar-refractivity contribution in [2.75, 3.05) is 0 Å². The Balaban J connectivity index is 1.67. The number of hydrazine groups is 1. The van der Waals surface area contributed by atoms with Crippen molar-refractivity contribution >= 4 is 22.1 Å². The number of hydrogen-bond donors (Lipinski definition) is 3. The molecule has 4 nitrogen and oxygen atoms in total. The topological polar surface area (TPSA) is 56.7 Å². The average molecular weight is 346 g/mol. The van der Waals surface area contributed by atoms with E-state index in [1.807, 2.05) is 24.3 Å². The van der Waals surface area contributed by atoms with E-state index in [0.717, 1.165) is 10.9 Å². The molecular weight excluding hydrogens is 330 g/mol. The lowest BCUT2D eigenvalue weighted by Crippen LogP contribution is -2.29.